The molecule has 0 saturated carbocycles. The number of anilines is 1. The Kier molecular flexibility index (Phi) is 3.46. The Morgan fingerprint density at radius 1 is 1.30 bits per heavy atom. The second kappa shape index (κ2) is 5.63. The van der Waals surface area contributed by atoms with Crippen LogP contribution in [0.4, 0.5) is 5.00 Å². The Hall–Kier alpha value is -2.46. The smallest absolute Gasteiger partial charge is 0.348 e. The van der Waals surface area contributed by atoms with E-state index < -0.39 is 0 Å². The minimum absolute atomic E-state index is 0.339. The van der Waals surface area contributed by atoms with Gasteiger partial charge in [0.1, 0.15) is 18.2 Å². The van der Waals surface area contributed by atoms with Gasteiger partial charge in [-0.3, -0.25) is 0 Å². The molecule has 0 unspecified atom stereocenters. The fraction of sp³-hybridized carbons (Fsp3) is 0.154. The van der Waals surface area contributed by atoms with E-state index in [-0.39, 0.29) is 5.69 Å². The van der Waals surface area contributed by atoms with Gasteiger partial charge >= 0.3 is 5.69 Å². The number of aromatic nitrogens is 4. The molecule has 0 aliphatic carbocycles. The lowest BCUT2D eigenvalue weighted by Crippen LogP contribution is -2.18. The van der Waals surface area contributed by atoms with E-state index in [0.717, 1.165) is 0 Å². The fourth-order valence-electron chi connectivity index (χ4n) is 2.14. The zero-order valence-electron chi connectivity index (χ0n) is 11.7. The molecule has 0 atom stereocenters. The molecule has 4 rings (SSSR count). The summed E-state index contributed by atoms with van der Waals surface area (Å²) in [6.45, 7) is 1.00. The molecule has 0 bridgehead atoms. The van der Waals surface area contributed by atoms with Crippen LogP contribution in [0.2, 0.25) is 0 Å². The first-order chi connectivity index (χ1) is 11.2. The van der Waals surface area contributed by atoms with Crippen molar-refractivity contribution in [3.8, 4) is 17.2 Å². The fourth-order valence-corrected chi connectivity index (χ4v) is 3.87. The Morgan fingerprint density at radius 3 is 2.91 bits per heavy atom. The molecule has 10 heteroatoms. The van der Waals surface area contributed by atoms with Crippen molar-refractivity contribution in [2.75, 3.05) is 18.9 Å². The number of nitrogens with one attached hydrogen (secondary N) is 1. The highest BCUT2D eigenvalue weighted by molar-refractivity contribution is 8.01. The molecule has 0 amide bonds. The second-order valence-electron chi connectivity index (χ2n) is 4.61. The maximum absolute atomic E-state index is 12.1. The van der Waals surface area contributed by atoms with Gasteiger partial charge in [-0.15, -0.1) is 5.10 Å². The number of ether oxygens (including phenoxy) is 2. The quantitative estimate of drug-likeness (QED) is 0.738. The molecule has 3 heterocycles. The van der Waals surface area contributed by atoms with E-state index in [0.29, 0.717) is 44.9 Å². The lowest BCUT2D eigenvalue weighted by molar-refractivity contribution is 0.171. The van der Waals surface area contributed by atoms with Crippen molar-refractivity contribution in [2.24, 2.45) is 0 Å². The maximum Gasteiger partial charge on any atom is 0.348 e. The van der Waals surface area contributed by atoms with Gasteiger partial charge in [0.15, 0.2) is 15.8 Å². The Bertz CT molecular complexity index is 916. The van der Waals surface area contributed by atoms with Crippen LogP contribution in [0.25, 0.3) is 5.69 Å². The van der Waals surface area contributed by atoms with E-state index in [1.807, 2.05) is 0 Å². The standard InChI is InChI=1S/C13H11N5O3S2/c14-10-6-15-13(22-10)23-12-17-16-11(19)18(12)7-1-2-8-9(5-7)21-4-3-20-8/h1-2,5-6H,3-4,14H2,(H,16,19). The summed E-state index contributed by atoms with van der Waals surface area (Å²) in [6, 6.07) is 5.31. The first kappa shape index (κ1) is 14.2. The average Bonchev–Trinajstić information content (AvgIpc) is 3.13. The van der Waals surface area contributed by atoms with Gasteiger partial charge in [0.25, 0.3) is 0 Å². The third-order valence-corrected chi connectivity index (χ3v) is 4.96. The normalized spacial score (nSPS) is 13.2. The summed E-state index contributed by atoms with van der Waals surface area (Å²) in [4.78, 5) is 16.3. The minimum Gasteiger partial charge on any atom is -0.486 e. The number of aromatic amines is 1. The summed E-state index contributed by atoms with van der Waals surface area (Å²) in [5.41, 5.74) is 5.98. The van der Waals surface area contributed by atoms with Crippen molar-refractivity contribution in [3.63, 3.8) is 0 Å². The average molecular weight is 349 g/mol. The number of benzene rings is 1. The molecule has 1 aliphatic rings. The Labute approximate surface area is 138 Å². The predicted molar refractivity (Wildman–Crippen MR) is 85.8 cm³/mol. The third-order valence-electron chi connectivity index (χ3n) is 3.11. The molecular weight excluding hydrogens is 338 g/mol. The highest BCUT2D eigenvalue weighted by Crippen LogP contribution is 2.34. The molecule has 2 aromatic heterocycles. The topological polar surface area (TPSA) is 108 Å². The zero-order valence-corrected chi connectivity index (χ0v) is 13.3. The summed E-state index contributed by atoms with van der Waals surface area (Å²) in [6.07, 6.45) is 1.58. The number of nitrogens with two attached hydrogens (primary N) is 1. The molecule has 23 heavy (non-hydrogen) atoms. The summed E-state index contributed by atoms with van der Waals surface area (Å²) >= 11 is 2.60. The number of H-pyrrole nitrogens is 1. The summed E-state index contributed by atoms with van der Waals surface area (Å²) in [5.74, 6) is 1.27. The van der Waals surface area contributed by atoms with Gasteiger partial charge in [0.05, 0.1) is 11.9 Å². The zero-order chi connectivity index (χ0) is 15.8. The monoisotopic (exact) mass is 349 g/mol. The Balaban J connectivity index is 1.74. The molecular formula is C13H11N5O3S2. The van der Waals surface area contributed by atoms with Crippen molar-refractivity contribution < 1.29 is 9.47 Å². The van der Waals surface area contributed by atoms with Crippen LogP contribution in [-0.4, -0.2) is 33.0 Å². The van der Waals surface area contributed by atoms with Gasteiger partial charge in [0.2, 0.25) is 5.16 Å². The number of nitrogen functional groups attached to an aromatic ring is 1. The van der Waals surface area contributed by atoms with E-state index in [1.54, 1.807) is 24.4 Å². The number of thiazole rings is 1. The largest absolute Gasteiger partial charge is 0.486 e. The summed E-state index contributed by atoms with van der Waals surface area (Å²) in [7, 11) is 0. The van der Waals surface area contributed by atoms with Gasteiger partial charge in [-0.2, -0.15) is 0 Å². The molecule has 1 aliphatic heterocycles. The van der Waals surface area contributed by atoms with Crippen LogP contribution in [0.5, 0.6) is 11.5 Å². The third kappa shape index (κ3) is 2.66. The van der Waals surface area contributed by atoms with Crippen LogP contribution < -0.4 is 20.9 Å². The van der Waals surface area contributed by atoms with Crippen molar-refractivity contribution in [1.82, 2.24) is 19.7 Å². The number of nitrogens with zero attached hydrogens (tertiary/aromatic N) is 3. The first-order valence-corrected chi connectivity index (χ1v) is 8.30. The van der Waals surface area contributed by atoms with Crippen LogP contribution in [0.3, 0.4) is 0 Å². The molecule has 0 radical (unpaired) electrons. The maximum atomic E-state index is 12.1. The van der Waals surface area contributed by atoms with E-state index in [1.165, 1.54) is 27.7 Å². The molecule has 3 N–H and O–H groups in total. The van der Waals surface area contributed by atoms with E-state index in [2.05, 4.69) is 15.2 Å². The van der Waals surface area contributed by atoms with E-state index in [4.69, 9.17) is 15.2 Å². The van der Waals surface area contributed by atoms with Gasteiger partial charge in [-0.25, -0.2) is 19.4 Å². The lowest BCUT2D eigenvalue weighted by atomic mass is 10.2. The van der Waals surface area contributed by atoms with Crippen molar-refractivity contribution in [3.05, 3.63) is 34.9 Å². The first-order valence-electron chi connectivity index (χ1n) is 6.67. The predicted octanol–water partition coefficient (Wildman–Crippen LogP) is 1.52. The molecule has 0 spiro atoms. The summed E-state index contributed by atoms with van der Waals surface area (Å²) in [5, 5.41) is 7.58. The Morgan fingerprint density at radius 2 is 2.13 bits per heavy atom. The summed E-state index contributed by atoms with van der Waals surface area (Å²) < 4.78 is 13.2. The van der Waals surface area contributed by atoms with Gasteiger partial charge in [-0.1, -0.05) is 11.3 Å². The molecule has 0 fully saturated rings. The van der Waals surface area contributed by atoms with Crippen molar-refractivity contribution in [2.45, 2.75) is 9.50 Å². The molecule has 1 aromatic carbocycles. The van der Waals surface area contributed by atoms with Gasteiger partial charge in [0, 0.05) is 6.07 Å². The van der Waals surface area contributed by atoms with Crippen LogP contribution >= 0.6 is 23.1 Å². The van der Waals surface area contributed by atoms with Crippen LogP contribution in [-0.2, 0) is 0 Å². The number of hydrogen-bond acceptors (Lipinski definition) is 8. The number of rotatable bonds is 3. The van der Waals surface area contributed by atoms with Crippen LogP contribution in [0.15, 0.2) is 38.7 Å². The second-order valence-corrected chi connectivity index (χ2v) is 6.88. The number of hydrogen-bond donors (Lipinski definition) is 2. The molecule has 0 saturated heterocycles. The molecule has 8 nitrogen and oxygen atoms in total. The van der Waals surface area contributed by atoms with Crippen molar-refractivity contribution >= 4 is 28.1 Å². The lowest BCUT2D eigenvalue weighted by Gasteiger charge is -2.19. The van der Waals surface area contributed by atoms with Crippen LogP contribution in [0, 0.1) is 0 Å². The van der Waals surface area contributed by atoms with Gasteiger partial charge < -0.3 is 15.2 Å². The molecule has 3 aromatic rings. The number of fused-ring (bicyclic) bond motifs is 1. The highest BCUT2D eigenvalue weighted by Gasteiger charge is 2.17. The van der Waals surface area contributed by atoms with Crippen LogP contribution in [0.1, 0.15) is 0 Å². The SMILES string of the molecule is Nc1cnc(Sc2n[nH]c(=O)n2-c2ccc3c(c2)OCCO3)s1. The highest BCUT2D eigenvalue weighted by atomic mass is 32.2. The van der Waals surface area contributed by atoms with E-state index >= 15 is 0 Å². The molecule has 118 valence electrons. The van der Waals surface area contributed by atoms with E-state index in [9.17, 15) is 4.79 Å². The minimum atomic E-state index is -0.339. The van der Waals surface area contributed by atoms with Gasteiger partial charge in [-0.05, 0) is 23.9 Å². The van der Waals surface area contributed by atoms with Crippen molar-refractivity contribution in [1.29, 1.82) is 0 Å².